The first kappa shape index (κ1) is 13.7. The van der Waals surface area contributed by atoms with E-state index in [0.717, 1.165) is 6.07 Å². The third-order valence-electron chi connectivity index (χ3n) is 1.68. The Hall–Kier alpha value is -0.315. The van der Waals surface area contributed by atoms with Crippen molar-refractivity contribution < 1.29 is 25.3 Å². The van der Waals surface area contributed by atoms with Gasteiger partial charge in [-0.1, -0.05) is 11.9 Å². The van der Waals surface area contributed by atoms with Gasteiger partial charge in [-0.3, -0.25) is 0 Å². The second kappa shape index (κ2) is 4.51. The molecule has 1 aromatic carbocycles. The zero-order chi connectivity index (χ0) is 12.6. The monoisotopic (exact) mass is 367 g/mol. The van der Waals surface area contributed by atoms with Gasteiger partial charge < -0.3 is 12.9 Å². The maximum atomic E-state index is 12.6. The summed E-state index contributed by atoms with van der Waals surface area (Å²) < 4.78 is 70.3. The lowest BCUT2D eigenvalue weighted by Gasteiger charge is -2.14. The van der Waals surface area contributed by atoms with Gasteiger partial charge in [0.15, 0.2) is 0 Å². The van der Waals surface area contributed by atoms with Crippen LogP contribution in [0.3, 0.4) is 0 Å². The predicted octanol–water partition coefficient (Wildman–Crippen LogP) is 2.88. The molecule has 90 valence electrons. The third kappa shape index (κ3) is 4.28. The fourth-order valence-electron chi connectivity index (χ4n) is 1.15. The second-order valence-electron chi connectivity index (χ2n) is 3.15. The molecule has 1 rings (SSSR count). The number of rotatable bonds is 3. The van der Waals surface area contributed by atoms with Crippen molar-refractivity contribution in [3.63, 3.8) is 0 Å². The number of hydrogen-bond donors (Lipinski definition) is 0. The Balaban J connectivity index is 3.19. The normalized spacial score (nSPS) is 12.8. The van der Waals surface area contributed by atoms with Crippen molar-refractivity contribution in [3.05, 3.63) is 27.3 Å². The van der Waals surface area contributed by atoms with Gasteiger partial charge in [-0.2, -0.15) is 8.42 Å². The molecule has 0 bridgehead atoms. The highest BCUT2D eigenvalue weighted by Crippen LogP contribution is 2.22. The highest BCUT2D eigenvalue weighted by Gasteiger charge is 2.24. The molecule has 2 nitrogen and oxygen atoms in total. The minimum atomic E-state index is -5.07. The lowest BCUT2D eigenvalue weighted by atomic mass is 9.82. The molecule has 1 aromatic rings. The lowest BCUT2D eigenvalue weighted by molar-refractivity contribution is 0.468. The van der Waals surface area contributed by atoms with E-state index in [-0.39, 0.29) is 9.13 Å². The van der Waals surface area contributed by atoms with Crippen LogP contribution in [0.5, 0.6) is 0 Å². The Morgan fingerprint density at radius 1 is 1.19 bits per heavy atom. The first-order valence-electron chi connectivity index (χ1n) is 4.03. The van der Waals surface area contributed by atoms with Crippen LogP contribution >= 0.6 is 22.6 Å². The minimum Gasteiger partial charge on any atom is -0.449 e. The molecule has 0 atom stereocenters. The summed E-state index contributed by atoms with van der Waals surface area (Å²) in [4.78, 5) is -0.741. The van der Waals surface area contributed by atoms with Gasteiger partial charge in [-0.05, 0) is 40.8 Å². The Morgan fingerprint density at radius 3 is 2.19 bits per heavy atom. The van der Waals surface area contributed by atoms with E-state index >= 15 is 0 Å². The van der Waals surface area contributed by atoms with Crippen molar-refractivity contribution in [2.24, 2.45) is 0 Å². The van der Waals surface area contributed by atoms with Gasteiger partial charge >= 0.3 is 17.2 Å². The minimum absolute atomic E-state index is 0.242. The Kier molecular flexibility index (Phi) is 3.88. The van der Waals surface area contributed by atoms with E-state index in [1.54, 1.807) is 22.6 Å². The van der Waals surface area contributed by atoms with Crippen molar-refractivity contribution in [1.82, 2.24) is 0 Å². The third-order valence-corrected chi connectivity index (χ3v) is 3.10. The highest BCUT2D eigenvalue weighted by atomic mass is 127. The Morgan fingerprint density at radius 2 is 1.75 bits per heavy atom. The molecular weight excluding hydrogens is 362 g/mol. The molecule has 0 spiro atoms. The molecule has 0 saturated heterocycles. The van der Waals surface area contributed by atoms with Crippen LogP contribution in [0.25, 0.3) is 0 Å². The summed E-state index contributed by atoms with van der Waals surface area (Å²) in [6.45, 7) is -5.07. The van der Waals surface area contributed by atoms with Gasteiger partial charge in [-0.15, -0.1) is 3.89 Å². The molecular formula is C7H5BF4IO2S-. The predicted molar refractivity (Wildman–Crippen MR) is 60.2 cm³/mol. The summed E-state index contributed by atoms with van der Waals surface area (Å²) in [5, 5.41) is 0. The summed E-state index contributed by atoms with van der Waals surface area (Å²) in [6, 6.07) is 2.85. The molecule has 0 N–H and O–H groups in total. The van der Waals surface area contributed by atoms with Crippen molar-refractivity contribution in [3.8, 4) is 0 Å². The standard InChI is InChI=1S/C7H5BF4IO2S/c9-8(10,11)4-5-1-6(13)3-7(2-5)16(12,14)15/h1-3H,4H2/q-1. The number of benzene rings is 1. The van der Waals surface area contributed by atoms with E-state index in [2.05, 4.69) is 0 Å². The zero-order valence-electron chi connectivity index (χ0n) is 7.63. The molecule has 0 amide bonds. The molecule has 0 aliphatic rings. The fraction of sp³-hybridized carbons (Fsp3) is 0.143. The van der Waals surface area contributed by atoms with Crippen molar-refractivity contribution in [1.29, 1.82) is 0 Å². The quantitative estimate of drug-likeness (QED) is 0.357. The van der Waals surface area contributed by atoms with E-state index in [1.807, 2.05) is 0 Å². The van der Waals surface area contributed by atoms with E-state index < -0.39 is 28.4 Å². The van der Waals surface area contributed by atoms with Crippen molar-refractivity contribution in [2.45, 2.75) is 11.2 Å². The van der Waals surface area contributed by atoms with Crippen molar-refractivity contribution in [2.75, 3.05) is 0 Å². The first-order valence-corrected chi connectivity index (χ1v) is 6.49. The van der Waals surface area contributed by atoms with E-state index in [4.69, 9.17) is 0 Å². The highest BCUT2D eigenvalue weighted by molar-refractivity contribution is 14.1. The van der Waals surface area contributed by atoms with Crippen LogP contribution in [0.15, 0.2) is 23.1 Å². The smallest absolute Gasteiger partial charge is 0.449 e. The summed E-state index contributed by atoms with van der Waals surface area (Å²) in [6.07, 6.45) is -1.22. The van der Waals surface area contributed by atoms with Crippen LogP contribution in [0.1, 0.15) is 5.56 Å². The molecule has 0 aromatic heterocycles. The number of hydrogen-bond acceptors (Lipinski definition) is 2. The SMILES string of the molecule is O=S(=O)(F)c1cc(I)cc(C[B-](F)(F)F)c1. The molecule has 0 saturated carbocycles. The number of halogens is 5. The van der Waals surface area contributed by atoms with E-state index in [9.17, 15) is 25.3 Å². The van der Waals surface area contributed by atoms with E-state index in [1.165, 1.54) is 6.07 Å². The Labute approximate surface area is 103 Å². The van der Waals surface area contributed by atoms with Crippen LogP contribution < -0.4 is 0 Å². The fourth-order valence-corrected chi connectivity index (χ4v) is 2.65. The summed E-state index contributed by atoms with van der Waals surface area (Å²) >= 11 is 1.63. The maximum absolute atomic E-state index is 12.6. The maximum Gasteiger partial charge on any atom is 0.482 e. The lowest BCUT2D eigenvalue weighted by Crippen LogP contribution is -2.19. The average Bonchev–Trinajstić information content (AvgIpc) is 1.97. The molecule has 0 heterocycles. The van der Waals surface area contributed by atoms with Gasteiger partial charge in [0.05, 0.1) is 4.90 Å². The topological polar surface area (TPSA) is 34.1 Å². The Bertz CT molecular complexity index is 500. The summed E-state index contributed by atoms with van der Waals surface area (Å²) in [5.41, 5.74) is -0.254. The first-order chi connectivity index (χ1) is 7.08. The molecule has 0 unspecified atom stereocenters. The molecule has 0 fully saturated rings. The van der Waals surface area contributed by atoms with Gasteiger partial charge in [0.25, 0.3) is 0 Å². The van der Waals surface area contributed by atoms with E-state index in [0.29, 0.717) is 6.07 Å². The molecule has 0 radical (unpaired) electrons. The molecule has 16 heavy (non-hydrogen) atoms. The van der Waals surface area contributed by atoms with Crippen LogP contribution in [0.4, 0.5) is 16.8 Å². The summed E-state index contributed by atoms with van der Waals surface area (Å²) in [5.74, 6) is 0. The molecule has 0 aliphatic carbocycles. The molecule has 0 aliphatic heterocycles. The zero-order valence-corrected chi connectivity index (χ0v) is 10.6. The largest absolute Gasteiger partial charge is 0.482 e. The average molecular weight is 367 g/mol. The van der Waals surface area contributed by atoms with Crippen LogP contribution in [0, 0.1) is 3.57 Å². The van der Waals surface area contributed by atoms with Gasteiger partial charge in [0, 0.05) is 3.57 Å². The van der Waals surface area contributed by atoms with Gasteiger partial charge in [-0.25, -0.2) is 0 Å². The van der Waals surface area contributed by atoms with Gasteiger partial charge in [0.1, 0.15) is 0 Å². The van der Waals surface area contributed by atoms with Crippen LogP contribution in [-0.4, -0.2) is 15.4 Å². The van der Waals surface area contributed by atoms with Gasteiger partial charge in [0.2, 0.25) is 0 Å². The molecule has 9 heteroatoms. The van der Waals surface area contributed by atoms with Crippen LogP contribution in [-0.2, 0) is 16.5 Å². The second-order valence-corrected chi connectivity index (χ2v) is 5.74. The summed E-state index contributed by atoms with van der Waals surface area (Å²) in [7, 11) is -4.97. The van der Waals surface area contributed by atoms with Crippen LogP contribution in [0.2, 0.25) is 0 Å². The van der Waals surface area contributed by atoms with Crippen molar-refractivity contribution >= 4 is 39.8 Å².